The number of hydrogen-bond donors (Lipinski definition) is 4. The molecule has 1 aromatic rings. The first-order valence-electron chi connectivity index (χ1n) is 3.88. The summed E-state index contributed by atoms with van der Waals surface area (Å²) >= 11 is -4.60. The van der Waals surface area contributed by atoms with Crippen LogP contribution in [0.15, 0.2) is 30.3 Å². The van der Waals surface area contributed by atoms with Crippen molar-refractivity contribution in [3.8, 4) is 0 Å². The van der Waals surface area contributed by atoms with Crippen LogP contribution < -0.4 is 10.1 Å². The number of primary amides is 1. The number of hydrogen-bond acceptors (Lipinski definition) is 3. The molecular weight excluding hydrogens is 265 g/mol. The Kier molecular flexibility index (Phi) is 5.96. The van der Waals surface area contributed by atoms with E-state index in [1.165, 1.54) is 12.1 Å². The van der Waals surface area contributed by atoms with Crippen LogP contribution in [0.3, 0.4) is 0 Å². The molecule has 0 fully saturated rings. The van der Waals surface area contributed by atoms with Gasteiger partial charge in [0, 0.05) is 0 Å². The third-order valence-corrected chi connectivity index (χ3v) is 3.29. The van der Waals surface area contributed by atoms with Gasteiger partial charge in [0.05, 0.1) is 0 Å². The van der Waals surface area contributed by atoms with Crippen molar-refractivity contribution in [2.75, 3.05) is 6.61 Å². The van der Waals surface area contributed by atoms with Gasteiger partial charge in [-0.05, 0) is 0 Å². The maximum atomic E-state index is 10.6. The van der Waals surface area contributed by atoms with E-state index in [2.05, 4.69) is 5.73 Å². The molecule has 0 radical (unpaired) electrons. The fourth-order valence-corrected chi connectivity index (χ4v) is 1.80. The Morgan fingerprint density at radius 3 is 1.87 bits per heavy atom. The Bertz CT molecular complexity index is 347. The van der Waals surface area contributed by atoms with E-state index in [1.54, 1.807) is 18.2 Å². The molecule has 0 aliphatic heterocycles. The number of aliphatic hydroxyl groups is 1. The first kappa shape index (κ1) is 13.9. The van der Waals surface area contributed by atoms with Crippen LogP contribution in [0.1, 0.15) is 0 Å². The normalized spacial score (nSPS) is 10.1. The van der Waals surface area contributed by atoms with Gasteiger partial charge in [0.15, 0.2) is 0 Å². The summed E-state index contributed by atoms with van der Waals surface area (Å²) in [6.07, 6.45) is 0. The topological polar surface area (TPSA) is 121 Å². The van der Waals surface area contributed by atoms with Crippen LogP contribution in [0.25, 0.3) is 0 Å². The van der Waals surface area contributed by atoms with Crippen LogP contribution in [0, 0.1) is 0 Å². The molecule has 0 saturated carbocycles. The van der Waals surface area contributed by atoms with Crippen molar-refractivity contribution in [2.24, 2.45) is 5.73 Å². The fraction of sp³-hybridized carbons (Fsp3) is 0.125. The van der Waals surface area contributed by atoms with E-state index in [0.29, 0.717) is 0 Å². The van der Waals surface area contributed by atoms with Gasteiger partial charge in [0.2, 0.25) is 5.91 Å². The van der Waals surface area contributed by atoms with Crippen LogP contribution in [-0.4, -0.2) is 40.0 Å². The SMILES string of the molecule is NC(=O)CO.O=[As](O)(O)c1ccccc1. The predicted molar refractivity (Wildman–Crippen MR) is 53.2 cm³/mol. The zero-order valence-electron chi connectivity index (χ0n) is 7.78. The summed E-state index contributed by atoms with van der Waals surface area (Å²) in [5, 5.41) is 7.67. The van der Waals surface area contributed by atoms with E-state index in [-0.39, 0.29) is 4.35 Å². The molecule has 5 N–H and O–H groups in total. The molecule has 84 valence electrons. The van der Waals surface area contributed by atoms with Crippen molar-refractivity contribution < 1.29 is 21.8 Å². The zero-order valence-corrected chi connectivity index (χ0v) is 9.65. The summed E-state index contributed by atoms with van der Waals surface area (Å²) in [7, 11) is 0. The van der Waals surface area contributed by atoms with Crippen LogP contribution in [0.2, 0.25) is 0 Å². The molecule has 0 unspecified atom stereocenters. The van der Waals surface area contributed by atoms with E-state index in [4.69, 9.17) is 13.3 Å². The number of carbonyl (C=O) groups excluding carboxylic acids is 1. The summed E-state index contributed by atoms with van der Waals surface area (Å²) in [5.41, 5.74) is 4.40. The van der Waals surface area contributed by atoms with Crippen molar-refractivity contribution in [2.45, 2.75) is 0 Å². The van der Waals surface area contributed by atoms with Gasteiger partial charge in [-0.15, -0.1) is 0 Å². The molecule has 1 rings (SSSR count). The molecule has 6 nitrogen and oxygen atoms in total. The molecule has 0 bridgehead atoms. The predicted octanol–water partition coefficient (Wildman–Crippen LogP) is -2.29. The Morgan fingerprint density at radius 1 is 1.27 bits per heavy atom. The Balaban J connectivity index is 0.000000336. The first-order valence-corrected chi connectivity index (χ1v) is 7.26. The Morgan fingerprint density at radius 2 is 1.67 bits per heavy atom. The average molecular weight is 277 g/mol. The van der Waals surface area contributed by atoms with Crippen LogP contribution in [0.5, 0.6) is 0 Å². The molecule has 0 spiro atoms. The number of amides is 1. The van der Waals surface area contributed by atoms with Gasteiger partial charge in [0.25, 0.3) is 0 Å². The van der Waals surface area contributed by atoms with Gasteiger partial charge in [-0.2, -0.15) is 0 Å². The van der Waals surface area contributed by atoms with Crippen molar-refractivity contribution in [1.82, 2.24) is 0 Å². The van der Waals surface area contributed by atoms with E-state index in [9.17, 15) is 8.53 Å². The van der Waals surface area contributed by atoms with Crippen LogP contribution in [0.4, 0.5) is 0 Å². The number of benzene rings is 1. The molecule has 0 aliphatic carbocycles. The average Bonchev–Trinajstić information content (AvgIpc) is 2.19. The summed E-state index contributed by atoms with van der Waals surface area (Å²) in [6, 6.07) is 7.79. The molecule has 7 heteroatoms. The standard InChI is InChI=1S/C6H7AsO3.C2H5NO2/c8-7(9,10)6-4-2-1-3-5-6;3-2(5)1-4/h1-5H,(H2,8,9,10);4H,1H2,(H2,3,5). The Labute approximate surface area is 89.3 Å². The van der Waals surface area contributed by atoms with E-state index >= 15 is 0 Å². The van der Waals surface area contributed by atoms with Gasteiger partial charge in [-0.3, -0.25) is 4.79 Å². The second-order valence-corrected chi connectivity index (χ2v) is 5.87. The Hall–Kier alpha value is -1.07. The van der Waals surface area contributed by atoms with Crippen molar-refractivity contribution in [1.29, 1.82) is 0 Å². The second-order valence-electron chi connectivity index (χ2n) is 2.50. The minimum atomic E-state index is -4.60. The summed E-state index contributed by atoms with van der Waals surface area (Å²) < 4.78 is 28.0. The number of carbonyl (C=O) groups is 1. The van der Waals surface area contributed by atoms with E-state index in [1.807, 2.05) is 0 Å². The quantitative estimate of drug-likeness (QED) is 0.453. The minimum absolute atomic E-state index is 0.126. The molecule has 0 aliphatic rings. The maximum absolute atomic E-state index is 10.6. The summed E-state index contributed by atoms with van der Waals surface area (Å²) in [4.78, 5) is 9.34. The summed E-state index contributed by atoms with van der Waals surface area (Å²) in [5.74, 6) is -0.690. The third kappa shape index (κ3) is 6.93. The molecule has 15 heavy (non-hydrogen) atoms. The first-order chi connectivity index (χ1) is 6.88. The molecule has 0 aromatic heterocycles. The van der Waals surface area contributed by atoms with Gasteiger partial charge in [-0.1, -0.05) is 0 Å². The van der Waals surface area contributed by atoms with Gasteiger partial charge < -0.3 is 10.8 Å². The molecule has 0 heterocycles. The fourth-order valence-electron chi connectivity index (χ4n) is 0.622. The number of nitrogens with two attached hydrogens (primary N) is 1. The van der Waals surface area contributed by atoms with Crippen molar-refractivity contribution >= 4 is 24.4 Å². The van der Waals surface area contributed by atoms with Gasteiger partial charge in [0.1, 0.15) is 6.61 Å². The van der Waals surface area contributed by atoms with Crippen molar-refractivity contribution in [3.05, 3.63) is 30.3 Å². The van der Waals surface area contributed by atoms with E-state index < -0.39 is 26.7 Å². The molecule has 0 saturated heterocycles. The molecule has 0 atom stereocenters. The van der Waals surface area contributed by atoms with Crippen molar-refractivity contribution in [3.63, 3.8) is 0 Å². The van der Waals surface area contributed by atoms with E-state index in [0.717, 1.165) is 0 Å². The number of aliphatic hydroxyl groups excluding tert-OH is 1. The summed E-state index contributed by atoms with van der Waals surface area (Å²) in [6.45, 7) is -0.556. The van der Waals surface area contributed by atoms with Crippen LogP contribution in [-0.2, 0) is 8.53 Å². The molecular formula is C8H12AsNO5. The monoisotopic (exact) mass is 277 g/mol. The van der Waals surface area contributed by atoms with Crippen LogP contribution >= 0.6 is 0 Å². The third-order valence-electron chi connectivity index (χ3n) is 1.25. The second kappa shape index (κ2) is 6.42. The zero-order chi connectivity index (χ0) is 11.9. The molecule has 1 amide bonds. The number of rotatable bonds is 2. The van der Waals surface area contributed by atoms with Gasteiger partial charge in [-0.25, -0.2) is 0 Å². The molecule has 1 aromatic carbocycles. The van der Waals surface area contributed by atoms with Gasteiger partial charge >= 0.3 is 60.8 Å².